The summed E-state index contributed by atoms with van der Waals surface area (Å²) < 4.78 is 12.8. The Balaban J connectivity index is 1.91. The molecule has 0 aromatic heterocycles. The van der Waals surface area contributed by atoms with E-state index in [0.717, 1.165) is 25.7 Å². The Morgan fingerprint density at radius 1 is 1.47 bits per heavy atom. The number of rotatable bonds is 3. The lowest BCUT2D eigenvalue weighted by atomic mass is 9.79. The van der Waals surface area contributed by atoms with E-state index in [4.69, 9.17) is 0 Å². The van der Waals surface area contributed by atoms with Gasteiger partial charge >= 0.3 is 0 Å². The molecule has 0 spiro atoms. The van der Waals surface area contributed by atoms with Crippen LogP contribution in [0.15, 0.2) is 24.3 Å². The smallest absolute Gasteiger partial charge is 0.251 e. The second-order valence-electron chi connectivity index (χ2n) is 5.62. The molecule has 0 radical (unpaired) electrons. The van der Waals surface area contributed by atoms with Crippen LogP contribution in [-0.4, -0.2) is 23.2 Å². The molecule has 1 aliphatic rings. The Hall–Kier alpha value is -1.42. The van der Waals surface area contributed by atoms with Crippen LogP contribution < -0.4 is 5.32 Å². The minimum Gasteiger partial charge on any atom is -0.388 e. The molecule has 0 heterocycles. The van der Waals surface area contributed by atoms with Gasteiger partial charge in [-0.3, -0.25) is 4.79 Å². The molecule has 1 saturated carbocycles. The SMILES string of the molecule is CC1CCCC(O)(CNC(=O)c2ccc(F)cc2)C1. The molecule has 104 valence electrons. The molecule has 1 amide bonds. The van der Waals surface area contributed by atoms with Gasteiger partial charge in [-0.25, -0.2) is 4.39 Å². The van der Waals surface area contributed by atoms with Crippen LogP contribution in [0.4, 0.5) is 4.39 Å². The monoisotopic (exact) mass is 265 g/mol. The van der Waals surface area contributed by atoms with Crippen molar-refractivity contribution in [3.8, 4) is 0 Å². The highest BCUT2D eigenvalue weighted by Crippen LogP contribution is 2.31. The predicted molar refractivity (Wildman–Crippen MR) is 71.3 cm³/mol. The maximum Gasteiger partial charge on any atom is 0.251 e. The zero-order valence-corrected chi connectivity index (χ0v) is 11.2. The van der Waals surface area contributed by atoms with Gasteiger partial charge in [-0.1, -0.05) is 19.8 Å². The van der Waals surface area contributed by atoms with E-state index in [9.17, 15) is 14.3 Å². The number of aliphatic hydroxyl groups is 1. The van der Waals surface area contributed by atoms with Gasteiger partial charge < -0.3 is 10.4 Å². The molecule has 0 bridgehead atoms. The highest BCUT2D eigenvalue weighted by molar-refractivity contribution is 5.94. The molecule has 2 unspecified atom stereocenters. The lowest BCUT2D eigenvalue weighted by molar-refractivity contribution is -0.0109. The first-order valence-corrected chi connectivity index (χ1v) is 6.75. The van der Waals surface area contributed by atoms with Crippen LogP contribution in [0.2, 0.25) is 0 Å². The Morgan fingerprint density at radius 3 is 2.79 bits per heavy atom. The fourth-order valence-corrected chi connectivity index (χ4v) is 2.74. The third-order valence-corrected chi connectivity index (χ3v) is 3.75. The van der Waals surface area contributed by atoms with E-state index in [2.05, 4.69) is 12.2 Å². The molecule has 19 heavy (non-hydrogen) atoms. The number of amides is 1. The molecular formula is C15H20FNO2. The average molecular weight is 265 g/mol. The molecule has 0 saturated heterocycles. The molecule has 2 atom stereocenters. The third-order valence-electron chi connectivity index (χ3n) is 3.75. The summed E-state index contributed by atoms with van der Waals surface area (Å²) in [5.74, 6) is -0.149. The van der Waals surface area contributed by atoms with Gasteiger partial charge in [0.15, 0.2) is 0 Å². The molecule has 1 aliphatic carbocycles. The summed E-state index contributed by atoms with van der Waals surface area (Å²) in [5.41, 5.74) is -0.387. The number of nitrogens with one attached hydrogen (secondary N) is 1. The Morgan fingerprint density at radius 2 is 2.16 bits per heavy atom. The van der Waals surface area contributed by atoms with E-state index >= 15 is 0 Å². The molecule has 1 fully saturated rings. The quantitative estimate of drug-likeness (QED) is 0.882. The largest absolute Gasteiger partial charge is 0.388 e. The van der Waals surface area contributed by atoms with Gasteiger partial charge in [0.2, 0.25) is 0 Å². The van der Waals surface area contributed by atoms with Crippen LogP contribution in [0.25, 0.3) is 0 Å². The molecule has 1 aromatic carbocycles. The number of benzene rings is 1. The first-order chi connectivity index (χ1) is 8.98. The summed E-state index contributed by atoms with van der Waals surface area (Å²) in [6.45, 7) is 2.37. The summed E-state index contributed by atoms with van der Waals surface area (Å²) in [5, 5.41) is 13.1. The zero-order chi connectivity index (χ0) is 13.9. The van der Waals surface area contributed by atoms with Crippen LogP contribution in [-0.2, 0) is 0 Å². The minimum atomic E-state index is -0.798. The average Bonchev–Trinajstić information content (AvgIpc) is 2.37. The molecule has 1 aromatic rings. The molecule has 2 rings (SSSR count). The highest BCUT2D eigenvalue weighted by Gasteiger charge is 2.32. The first kappa shape index (κ1) is 14.0. The lowest BCUT2D eigenvalue weighted by Gasteiger charge is -2.35. The number of hydrogen-bond acceptors (Lipinski definition) is 2. The maximum atomic E-state index is 12.8. The van der Waals surface area contributed by atoms with E-state index in [0.29, 0.717) is 11.5 Å². The number of hydrogen-bond donors (Lipinski definition) is 2. The van der Waals surface area contributed by atoms with Crippen molar-refractivity contribution in [1.29, 1.82) is 0 Å². The van der Waals surface area contributed by atoms with E-state index < -0.39 is 5.60 Å². The fourth-order valence-electron chi connectivity index (χ4n) is 2.74. The maximum absolute atomic E-state index is 12.8. The normalized spacial score (nSPS) is 27.0. The highest BCUT2D eigenvalue weighted by atomic mass is 19.1. The Bertz CT molecular complexity index is 446. The van der Waals surface area contributed by atoms with Crippen molar-refractivity contribution >= 4 is 5.91 Å². The summed E-state index contributed by atoms with van der Waals surface area (Å²) in [7, 11) is 0. The van der Waals surface area contributed by atoms with Gasteiger partial charge in [0.25, 0.3) is 5.91 Å². The molecule has 2 N–H and O–H groups in total. The Labute approximate surface area is 112 Å². The number of halogens is 1. The van der Waals surface area contributed by atoms with Crippen molar-refractivity contribution in [2.45, 2.75) is 38.2 Å². The molecule has 0 aliphatic heterocycles. The van der Waals surface area contributed by atoms with Gasteiger partial charge in [0, 0.05) is 12.1 Å². The van der Waals surface area contributed by atoms with E-state index in [-0.39, 0.29) is 18.3 Å². The van der Waals surface area contributed by atoms with E-state index in [1.807, 2.05) is 0 Å². The predicted octanol–water partition coefficient (Wildman–Crippen LogP) is 2.50. The molecule has 3 nitrogen and oxygen atoms in total. The summed E-state index contributed by atoms with van der Waals surface area (Å²) in [4.78, 5) is 11.9. The third kappa shape index (κ3) is 3.77. The van der Waals surface area contributed by atoms with Crippen LogP contribution in [0, 0.1) is 11.7 Å². The van der Waals surface area contributed by atoms with Crippen molar-refractivity contribution in [3.63, 3.8) is 0 Å². The zero-order valence-electron chi connectivity index (χ0n) is 11.2. The lowest BCUT2D eigenvalue weighted by Crippen LogP contribution is -2.45. The summed E-state index contributed by atoms with van der Waals surface area (Å²) in [6, 6.07) is 5.40. The van der Waals surface area contributed by atoms with Gasteiger partial charge in [0.05, 0.1) is 5.60 Å². The van der Waals surface area contributed by atoms with Gasteiger partial charge in [-0.15, -0.1) is 0 Å². The molecular weight excluding hydrogens is 245 g/mol. The minimum absolute atomic E-state index is 0.257. The van der Waals surface area contributed by atoms with Crippen LogP contribution >= 0.6 is 0 Å². The van der Waals surface area contributed by atoms with Crippen LogP contribution in [0.1, 0.15) is 43.0 Å². The summed E-state index contributed by atoms with van der Waals surface area (Å²) >= 11 is 0. The second kappa shape index (κ2) is 5.70. The van der Waals surface area contributed by atoms with Crippen molar-refractivity contribution in [1.82, 2.24) is 5.32 Å². The standard InChI is InChI=1S/C15H20FNO2/c1-11-3-2-8-15(19,9-11)10-17-14(18)12-4-6-13(16)7-5-12/h4-7,11,19H,2-3,8-10H2,1H3,(H,17,18). The number of carbonyl (C=O) groups excluding carboxylic acids is 1. The molecule has 4 heteroatoms. The van der Waals surface area contributed by atoms with Crippen LogP contribution in [0.3, 0.4) is 0 Å². The van der Waals surface area contributed by atoms with E-state index in [1.54, 1.807) is 0 Å². The first-order valence-electron chi connectivity index (χ1n) is 6.75. The van der Waals surface area contributed by atoms with Crippen molar-refractivity contribution in [2.24, 2.45) is 5.92 Å². The van der Waals surface area contributed by atoms with Gasteiger partial charge in [0.1, 0.15) is 5.82 Å². The summed E-state index contributed by atoms with van der Waals surface area (Å²) in [6.07, 6.45) is 3.57. The van der Waals surface area contributed by atoms with Gasteiger partial charge in [-0.05, 0) is 43.0 Å². The van der Waals surface area contributed by atoms with Crippen molar-refractivity contribution < 1.29 is 14.3 Å². The second-order valence-corrected chi connectivity index (χ2v) is 5.62. The topological polar surface area (TPSA) is 49.3 Å². The Kier molecular flexibility index (Phi) is 4.20. The van der Waals surface area contributed by atoms with Gasteiger partial charge in [-0.2, -0.15) is 0 Å². The number of carbonyl (C=O) groups is 1. The van der Waals surface area contributed by atoms with Crippen LogP contribution in [0.5, 0.6) is 0 Å². The fraction of sp³-hybridized carbons (Fsp3) is 0.533. The van der Waals surface area contributed by atoms with Crippen molar-refractivity contribution in [3.05, 3.63) is 35.6 Å². The van der Waals surface area contributed by atoms with Crippen molar-refractivity contribution in [2.75, 3.05) is 6.54 Å². The van der Waals surface area contributed by atoms with E-state index in [1.165, 1.54) is 24.3 Å².